The minimum absolute atomic E-state index is 0.671. The monoisotopic (exact) mass is 157 g/mol. The van der Waals surface area contributed by atoms with Gasteiger partial charge in [0.15, 0.2) is 0 Å². The zero-order valence-electron chi connectivity index (χ0n) is 7.56. The van der Waals surface area contributed by atoms with Crippen LogP contribution in [0.2, 0.25) is 0 Å². The highest BCUT2D eigenvalue weighted by atomic mass is 15.1. The third-order valence-corrected chi connectivity index (χ3v) is 2.24. The van der Waals surface area contributed by atoms with Crippen molar-refractivity contribution < 1.29 is 0 Å². The van der Waals surface area contributed by atoms with Gasteiger partial charge in [-0.1, -0.05) is 0 Å². The molecule has 0 aliphatic carbocycles. The highest BCUT2D eigenvalue weighted by Crippen LogP contribution is 1.97. The normalized spacial score (nSPS) is 28.4. The maximum Gasteiger partial charge on any atom is 0.0205 e. The lowest BCUT2D eigenvalue weighted by Crippen LogP contribution is -2.37. The Morgan fingerprint density at radius 1 is 1.55 bits per heavy atom. The van der Waals surface area contributed by atoms with Gasteiger partial charge in [-0.25, -0.2) is 0 Å². The molecule has 3 nitrogen and oxygen atoms in total. The molecule has 2 N–H and O–H groups in total. The van der Waals surface area contributed by atoms with Gasteiger partial charge in [0.2, 0.25) is 0 Å². The summed E-state index contributed by atoms with van der Waals surface area (Å²) < 4.78 is 0. The van der Waals surface area contributed by atoms with Gasteiger partial charge in [-0.05, 0) is 27.1 Å². The molecule has 1 fully saturated rings. The van der Waals surface area contributed by atoms with Gasteiger partial charge < -0.3 is 15.5 Å². The van der Waals surface area contributed by atoms with Crippen LogP contribution in [0.1, 0.15) is 6.42 Å². The number of rotatable bonds is 2. The van der Waals surface area contributed by atoms with E-state index in [0.717, 1.165) is 13.1 Å². The molecule has 1 unspecified atom stereocenters. The van der Waals surface area contributed by atoms with Gasteiger partial charge in [0.1, 0.15) is 0 Å². The second-order valence-electron chi connectivity index (χ2n) is 3.30. The Hall–Kier alpha value is -0.120. The predicted molar refractivity (Wildman–Crippen MR) is 47.8 cm³/mol. The average Bonchev–Trinajstić information content (AvgIpc) is 2.17. The molecule has 1 aliphatic heterocycles. The van der Waals surface area contributed by atoms with Crippen LogP contribution in [-0.4, -0.2) is 51.2 Å². The third kappa shape index (κ3) is 3.18. The molecule has 3 heteroatoms. The minimum Gasteiger partial charge on any atom is -0.318 e. The van der Waals surface area contributed by atoms with Crippen LogP contribution < -0.4 is 10.6 Å². The molecule has 66 valence electrons. The standard InChI is InChI=1S/C8H19N3/c1-9-7-8-3-5-11(2)6-4-10-8/h8-10H,3-7H2,1-2H3. The largest absolute Gasteiger partial charge is 0.318 e. The van der Waals surface area contributed by atoms with Gasteiger partial charge in [-0.15, -0.1) is 0 Å². The number of nitrogens with zero attached hydrogens (tertiary/aromatic N) is 1. The molecule has 0 bridgehead atoms. The van der Waals surface area contributed by atoms with Crippen LogP contribution in [0.4, 0.5) is 0 Å². The number of likely N-dealkylation sites (N-methyl/N-ethyl adjacent to an activating group) is 2. The second-order valence-corrected chi connectivity index (χ2v) is 3.30. The van der Waals surface area contributed by atoms with E-state index in [2.05, 4.69) is 22.6 Å². The van der Waals surface area contributed by atoms with E-state index in [1.54, 1.807) is 0 Å². The summed E-state index contributed by atoms with van der Waals surface area (Å²) in [6, 6.07) is 0.671. The Bertz CT molecular complexity index is 106. The zero-order valence-corrected chi connectivity index (χ0v) is 7.56. The number of nitrogens with one attached hydrogen (secondary N) is 2. The van der Waals surface area contributed by atoms with E-state index in [0.29, 0.717) is 6.04 Å². The van der Waals surface area contributed by atoms with Gasteiger partial charge in [-0.2, -0.15) is 0 Å². The van der Waals surface area contributed by atoms with Gasteiger partial charge in [0.05, 0.1) is 0 Å². The molecule has 1 heterocycles. The van der Waals surface area contributed by atoms with E-state index in [1.807, 2.05) is 7.05 Å². The molecule has 1 saturated heterocycles. The van der Waals surface area contributed by atoms with Crippen molar-refractivity contribution in [3.8, 4) is 0 Å². The summed E-state index contributed by atoms with van der Waals surface area (Å²) in [6.07, 6.45) is 1.26. The molecule has 1 aliphatic rings. The first-order valence-electron chi connectivity index (χ1n) is 4.39. The summed E-state index contributed by atoms with van der Waals surface area (Å²) in [4.78, 5) is 2.38. The lowest BCUT2D eigenvalue weighted by atomic mass is 10.2. The molecule has 0 aromatic rings. The first-order valence-corrected chi connectivity index (χ1v) is 4.39. The average molecular weight is 157 g/mol. The summed E-state index contributed by atoms with van der Waals surface area (Å²) in [5, 5.41) is 6.71. The van der Waals surface area contributed by atoms with E-state index in [1.165, 1.54) is 19.5 Å². The van der Waals surface area contributed by atoms with Crippen molar-refractivity contribution >= 4 is 0 Å². The molecule has 0 aromatic carbocycles. The fourth-order valence-corrected chi connectivity index (χ4v) is 1.47. The Morgan fingerprint density at radius 2 is 2.36 bits per heavy atom. The summed E-state index contributed by atoms with van der Waals surface area (Å²) in [5.74, 6) is 0. The van der Waals surface area contributed by atoms with Crippen molar-refractivity contribution in [1.82, 2.24) is 15.5 Å². The molecule has 11 heavy (non-hydrogen) atoms. The molecule has 0 aromatic heterocycles. The highest BCUT2D eigenvalue weighted by molar-refractivity contribution is 4.74. The van der Waals surface area contributed by atoms with E-state index in [4.69, 9.17) is 0 Å². The lowest BCUT2D eigenvalue weighted by Gasteiger charge is -2.14. The van der Waals surface area contributed by atoms with Gasteiger partial charge in [0.25, 0.3) is 0 Å². The van der Waals surface area contributed by atoms with E-state index < -0.39 is 0 Å². The first-order chi connectivity index (χ1) is 5.33. The van der Waals surface area contributed by atoms with Crippen LogP contribution in [0.15, 0.2) is 0 Å². The molecule has 0 spiro atoms. The van der Waals surface area contributed by atoms with Crippen molar-refractivity contribution in [3.05, 3.63) is 0 Å². The predicted octanol–water partition coefficient (Wildman–Crippen LogP) is -0.500. The Morgan fingerprint density at radius 3 is 3.09 bits per heavy atom. The molecular formula is C8H19N3. The van der Waals surface area contributed by atoms with Gasteiger partial charge >= 0.3 is 0 Å². The Labute approximate surface area is 69.1 Å². The zero-order chi connectivity index (χ0) is 8.10. The Kier molecular flexibility index (Phi) is 3.83. The van der Waals surface area contributed by atoms with Crippen LogP contribution in [0.3, 0.4) is 0 Å². The van der Waals surface area contributed by atoms with Crippen LogP contribution >= 0.6 is 0 Å². The van der Waals surface area contributed by atoms with Crippen molar-refractivity contribution in [2.45, 2.75) is 12.5 Å². The summed E-state index contributed by atoms with van der Waals surface area (Å²) >= 11 is 0. The van der Waals surface area contributed by atoms with Crippen molar-refractivity contribution in [2.75, 3.05) is 40.3 Å². The molecular weight excluding hydrogens is 138 g/mol. The van der Waals surface area contributed by atoms with Crippen LogP contribution in [0.25, 0.3) is 0 Å². The molecule has 1 rings (SSSR count). The molecule has 1 atom stereocenters. The van der Waals surface area contributed by atoms with Crippen molar-refractivity contribution in [3.63, 3.8) is 0 Å². The fraction of sp³-hybridized carbons (Fsp3) is 1.00. The lowest BCUT2D eigenvalue weighted by molar-refractivity contribution is 0.354. The van der Waals surface area contributed by atoms with Crippen molar-refractivity contribution in [2.24, 2.45) is 0 Å². The van der Waals surface area contributed by atoms with E-state index in [9.17, 15) is 0 Å². The number of hydrogen-bond donors (Lipinski definition) is 2. The maximum absolute atomic E-state index is 3.51. The smallest absolute Gasteiger partial charge is 0.0205 e. The third-order valence-electron chi connectivity index (χ3n) is 2.24. The van der Waals surface area contributed by atoms with Crippen molar-refractivity contribution in [1.29, 1.82) is 0 Å². The summed E-state index contributed by atoms with van der Waals surface area (Å²) in [7, 11) is 4.19. The Balaban J connectivity index is 2.22. The fourth-order valence-electron chi connectivity index (χ4n) is 1.47. The SMILES string of the molecule is CNCC1CCN(C)CCN1. The first kappa shape index (κ1) is 8.97. The van der Waals surface area contributed by atoms with Gasteiger partial charge in [0, 0.05) is 25.7 Å². The number of hydrogen-bond acceptors (Lipinski definition) is 3. The van der Waals surface area contributed by atoms with E-state index >= 15 is 0 Å². The minimum atomic E-state index is 0.671. The van der Waals surface area contributed by atoms with E-state index in [-0.39, 0.29) is 0 Å². The maximum atomic E-state index is 3.51. The summed E-state index contributed by atoms with van der Waals surface area (Å²) in [6.45, 7) is 4.62. The molecule has 0 saturated carbocycles. The topological polar surface area (TPSA) is 27.3 Å². The molecule has 0 amide bonds. The van der Waals surface area contributed by atoms with Crippen LogP contribution in [0, 0.1) is 0 Å². The molecule has 0 radical (unpaired) electrons. The van der Waals surface area contributed by atoms with Crippen LogP contribution in [-0.2, 0) is 0 Å². The van der Waals surface area contributed by atoms with Crippen LogP contribution in [0.5, 0.6) is 0 Å². The quantitative estimate of drug-likeness (QED) is 0.566. The second kappa shape index (κ2) is 4.70. The highest BCUT2D eigenvalue weighted by Gasteiger charge is 2.12. The van der Waals surface area contributed by atoms with Gasteiger partial charge in [-0.3, -0.25) is 0 Å². The summed E-state index contributed by atoms with van der Waals surface area (Å²) in [5.41, 5.74) is 0.